The van der Waals surface area contributed by atoms with Crippen LogP contribution in [-0.4, -0.2) is 12.1 Å². The summed E-state index contributed by atoms with van der Waals surface area (Å²) in [5.74, 6) is -7.70. The first-order chi connectivity index (χ1) is 6.08. The highest BCUT2D eigenvalue weighted by Gasteiger charge is 2.56. The molecule has 0 aromatic heterocycles. The molecule has 0 aromatic rings. The molecular formula is C6F8. The molecule has 0 aromatic carbocycles. The highest BCUT2D eigenvalue weighted by molar-refractivity contribution is 5.27. The largest absolute Gasteiger partial charge is 0.466 e. The van der Waals surface area contributed by atoms with Crippen LogP contribution in [0.2, 0.25) is 0 Å². The van der Waals surface area contributed by atoms with Gasteiger partial charge >= 0.3 is 18.2 Å². The molecule has 0 atom stereocenters. The second-order valence-corrected chi connectivity index (χ2v) is 1.90. The van der Waals surface area contributed by atoms with Crippen LogP contribution in [0.1, 0.15) is 0 Å². The third kappa shape index (κ3) is 3.24. The van der Waals surface area contributed by atoms with Gasteiger partial charge in [-0.3, -0.25) is 0 Å². The van der Waals surface area contributed by atoms with E-state index in [2.05, 4.69) is 0 Å². The molecule has 0 heterocycles. The molecule has 0 aliphatic heterocycles. The molecule has 0 saturated carbocycles. The van der Waals surface area contributed by atoms with Gasteiger partial charge in [-0.2, -0.15) is 35.1 Å². The molecule has 0 spiro atoms. The molecule has 0 amide bonds. The van der Waals surface area contributed by atoms with Crippen LogP contribution < -0.4 is 0 Å². The van der Waals surface area contributed by atoms with E-state index in [1.54, 1.807) is 0 Å². The minimum atomic E-state index is -6.02. The Morgan fingerprint density at radius 2 is 1.29 bits per heavy atom. The predicted molar refractivity (Wildman–Crippen MR) is 29.1 cm³/mol. The molecule has 0 saturated heterocycles. The van der Waals surface area contributed by atoms with E-state index in [1.807, 2.05) is 0 Å². The predicted octanol–water partition coefficient (Wildman–Crippen LogP) is 3.27. The first kappa shape index (κ1) is 12.7. The average molecular weight is 224 g/mol. The molecule has 0 nitrogen and oxygen atoms in total. The van der Waals surface area contributed by atoms with Crippen molar-refractivity contribution in [3.05, 3.63) is 11.9 Å². The van der Waals surface area contributed by atoms with E-state index in [0.717, 1.165) is 0 Å². The molecule has 0 bridgehead atoms. The summed E-state index contributed by atoms with van der Waals surface area (Å²) in [6.07, 6.45) is -9.08. The van der Waals surface area contributed by atoms with Crippen LogP contribution in [0.4, 0.5) is 35.1 Å². The maximum Gasteiger partial charge on any atom is 0.466 e. The Kier molecular flexibility index (Phi) is 3.51. The summed E-state index contributed by atoms with van der Waals surface area (Å²) in [4.78, 5) is 0. The minimum Gasteiger partial charge on any atom is -0.191 e. The van der Waals surface area contributed by atoms with Crippen molar-refractivity contribution < 1.29 is 35.1 Å². The van der Waals surface area contributed by atoms with Gasteiger partial charge in [0.05, 0.1) is 0 Å². The molecule has 0 radical (unpaired) electrons. The molecule has 8 heteroatoms. The third-order valence-corrected chi connectivity index (χ3v) is 0.851. The van der Waals surface area contributed by atoms with E-state index < -0.39 is 24.0 Å². The average Bonchev–Trinajstić information content (AvgIpc) is 1.97. The first-order valence-corrected chi connectivity index (χ1v) is 2.76. The van der Waals surface area contributed by atoms with Crippen LogP contribution in [0, 0.1) is 11.8 Å². The van der Waals surface area contributed by atoms with Crippen LogP contribution in [-0.2, 0) is 0 Å². The van der Waals surface area contributed by atoms with Gasteiger partial charge in [-0.15, -0.1) is 0 Å². The van der Waals surface area contributed by atoms with E-state index in [9.17, 15) is 35.1 Å². The zero-order valence-corrected chi connectivity index (χ0v) is 6.02. The highest BCUT2D eigenvalue weighted by atomic mass is 19.4. The monoisotopic (exact) mass is 224 g/mol. The fraction of sp³-hybridized carbons (Fsp3) is 0.333. The van der Waals surface area contributed by atoms with Crippen molar-refractivity contribution >= 4 is 0 Å². The highest BCUT2D eigenvalue weighted by Crippen LogP contribution is 2.34. The number of hydrogen-bond donors (Lipinski definition) is 0. The summed E-state index contributed by atoms with van der Waals surface area (Å²) in [6, 6.07) is 0. The third-order valence-electron chi connectivity index (χ3n) is 0.851. The first-order valence-electron chi connectivity index (χ1n) is 2.76. The van der Waals surface area contributed by atoms with Gasteiger partial charge < -0.3 is 0 Å². The standard InChI is InChI=1S/C6F8/c7-3(4(8)9)1-2-5(10,11)6(12,13)14. The topological polar surface area (TPSA) is 0 Å². The lowest BCUT2D eigenvalue weighted by atomic mass is 10.3. The quantitative estimate of drug-likeness (QED) is 0.437. The maximum absolute atomic E-state index is 11.8. The normalized spacial score (nSPS) is 11.7. The van der Waals surface area contributed by atoms with Crippen LogP contribution in [0.15, 0.2) is 11.9 Å². The van der Waals surface area contributed by atoms with Crippen molar-refractivity contribution in [2.45, 2.75) is 12.1 Å². The summed E-state index contributed by atoms with van der Waals surface area (Å²) in [6.45, 7) is 0. The van der Waals surface area contributed by atoms with Gasteiger partial charge in [-0.1, -0.05) is 0 Å². The number of halogens is 8. The molecule has 0 aliphatic rings. The summed E-state index contributed by atoms with van der Waals surface area (Å²) in [5, 5.41) is 0. The summed E-state index contributed by atoms with van der Waals surface area (Å²) >= 11 is 0. The van der Waals surface area contributed by atoms with Gasteiger partial charge in [0.15, 0.2) is 0 Å². The van der Waals surface area contributed by atoms with E-state index in [0.29, 0.717) is 5.92 Å². The van der Waals surface area contributed by atoms with Crippen LogP contribution in [0.25, 0.3) is 0 Å². The van der Waals surface area contributed by atoms with Crippen LogP contribution >= 0.6 is 0 Å². The lowest BCUT2D eigenvalue weighted by Crippen LogP contribution is -2.34. The summed E-state index contributed by atoms with van der Waals surface area (Å²) < 4.78 is 91.6. The second-order valence-electron chi connectivity index (χ2n) is 1.90. The molecule has 0 aliphatic carbocycles. The van der Waals surface area contributed by atoms with Crippen molar-refractivity contribution in [1.29, 1.82) is 0 Å². The molecule has 0 N–H and O–H groups in total. The van der Waals surface area contributed by atoms with Gasteiger partial charge in [0.25, 0.3) is 0 Å². The van der Waals surface area contributed by atoms with Gasteiger partial charge in [-0.05, 0) is 11.8 Å². The fourth-order valence-electron chi connectivity index (χ4n) is 0.251. The molecule has 0 unspecified atom stereocenters. The smallest absolute Gasteiger partial charge is 0.191 e. The Bertz CT molecular complexity index is 294. The van der Waals surface area contributed by atoms with Crippen LogP contribution in [0.5, 0.6) is 0 Å². The molecular weight excluding hydrogens is 224 g/mol. The van der Waals surface area contributed by atoms with Gasteiger partial charge in [0, 0.05) is 0 Å². The lowest BCUT2D eigenvalue weighted by molar-refractivity contribution is -0.254. The van der Waals surface area contributed by atoms with Gasteiger partial charge in [0.2, 0.25) is 5.83 Å². The molecule has 80 valence electrons. The van der Waals surface area contributed by atoms with E-state index in [4.69, 9.17) is 0 Å². The number of hydrogen-bond acceptors (Lipinski definition) is 0. The van der Waals surface area contributed by atoms with E-state index in [1.165, 1.54) is 0 Å². The second kappa shape index (κ2) is 3.86. The SMILES string of the molecule is FC(F)=C(F)C#CC(F)(F)C(F)(F)F. The molecule has 0 fully saturated rings. The number of allylic oxidation sites excluding steroid dienone is 1. The Hall–Kier alpha value is -1.26. The van der Waals surface area contributed by atoms with Crippen molar-refractivity contribution in [1.82, 2.24) is 0 Å². The zero-order chi connectivity index (χ0) is 11.6. The van der Waals surface area contributed by atoms with E-state index >= 15 is 0 Å². The van der Waals surface area contributed by atoms with Crippen molar-refractivity contribution in [3.63, 3.8) is 0 Å². The fourth-order valence-corrected chi connectivity index (χ4v) is 0.251. The van der Waals surface area contributed by atoms with Crippen LogP contribution in [0.3, 0.4) is 0 Å². The Morgan fingerprint density at radius 1 is 0.857 bits per heavy atom. The summed E-state index contributed by atoms with van der Waals surface area (Å²) in [5.41, 5.74) is 0. The van der Waals surface area contributed by atoms with Crippen molar-refractivity contribution in [2.75, 3.05) is 0 Å². The molecule has 14 heavy (non-hydrogen) atoms. The summed E-state index contributed by atoms with van der Waals surface area (Å²) in [7, 11) is 0. The van der Waals surface area contributed by atoms with Gasteiger partial charge in [0.1, 0.15) is 0 Å². The Morgan fingerprint density at radius 3 is 1.57 bits per heavy atom. The van der Waals surface area contributed by atoms with Crippen molar-refractivity contribution in [3.8, 4) is 11.8 Å². The molecule has 0 rings (SSSR count). The van der Waals surface area contributed by atoms with Gasteiger partial charge in [-0.25, -0.2) is 0 Å². The van der Waals surface area contributed by atoms with E-state index in [-0.39, 0.29) is 5.92 Å². The maximum atomic E-state index is 11.8. The Labute approximate surface area is 72.2 Å². The minimum absolute atomic E-state index is 0.0588. The van der Waals surface area contributed by atoms with Crippen molar-refractivity contribution in [2.24, 2.45) is 0 Å². The Balaban J connectivity index is 4.94. The lowest BCUT2D eigenvalue weighted by Gasteiger charge is -2.12. The number of alkyl halides is 5. The zero-order valence-electron chi connectivity index (χ0n) is 6.02. The number of rotatable bonds is 0.